The van der Waals surface area contributed by atoms with E-state index < -0.39 is 17.6 Å². The van der Waals surface area contributed by atoms with E-state index in [4.69, 9.17) is 9.84 Å². The highest BCUT2D eigenvalue weighted by Crippen LogP contribution is 2.35. The first-order valence-corrected chi connectivity index (χ1v) is 15.3. The molecule has 2 aliphatic rings. The number of halogens is 3. The minimum absolute atomic E-state index is 0.0765. The number of hydrogen-bond acceptors (Lipinski definition) is 7. The molecule has 0 spiro atoms. The summed E-state index contributed by atoms with van der Waals surface area (Å²) in [7, 11) is 2.00. The zero-order valence-electron chi connectivity index (χ0n) is 26.0. The second-order valence-electron chi connectivity index (χ2n) is 12.0. The molecule has 2 atom stereocenters. The molecule has 1 N–H and O–H groups in total. The summed E-state index contributed by atoms with van der Waals surface area (Å²) in [6.07, 6.45) is -2.73. The average molecular weight is 632 g/mol. The van der Waals surface area contributed by atoms with E-state index in [0.29, 0.717) is 30.0 Å². The molecule has 4 heterocycles. The van der Waals surface area contributed by atoms with Crippen molar-refractivity contribution >= 4 is 23.1 Å². The number of ether oxygens (including phenoxy) is 1. The van der Waals surface area contributed by atoms with Crippen LogP contribution in [0.1, 0.15) is 46.6 Å². The van der Waals surface area contributed by atoms with Crippen LogP contribution in [0.5, 0.6) is 0 Å². The van der Waals surface area contributed by atoms with Crippen LogP contribution in [0.15, 0.2) is 60.8 Å². The second kappa shape index (κ2) is 13.1. The quantitative estimate of drug-likeness (QED) is 0.319. The molecule has 1 amide bonds. The van der Waals surface area contributed by atoms with E-state index in [1.165, 1.54) is 12.1 Å². The van der Waals surface area contributed by atoms with Gasteiger partial charge in [0.15, 0.2) is 5.65 Å². The van der Waals surface area contributed by atoms with Gasteiger partial charge in [0.2, 0.25) is 0 Å². The number of nitrogens with zero attached hydrogens (tertiary/aromatic N) is 6. The van der Waals surface area contributed by atoms with Crippen LogP contribution >= 0.6 is 0 Å². The number of benzene rings is 2. The van der Waals surface area contributed by atoms with Gasteiger partial charge in [0, 0.05) is 62.6 Å². The second-order valence-corrected chi connectivity index (χ2v) is 12.0. The molecular weight excluding hydrogens is 595 g/mol. The predicted octanol–water partition coefficient (Wildman–Crippen LogP) is 4.76. The van der Waals surface area contributed by atoms with Gasteiger partial charge in [0.1, 0.15) is 11.5 Å². The fraction of sp³-hybridized carbons (Fsp3) is 0.382. The van der Waals surface area contributed by atoms with Crippen molar-refractivity contribution in [1.82, 2.24) is 24.4 Å². The van der Waals surface area contributed by atoms with E-state index in [1.807, 2.05) is 37.9 Å². The molecule has 0 bridgehead atoms. The highest BCUT2D eigenvalue weighted by molar-refractivity contribution is 6.04. The van der Waals surface area contributed by atoms with Gasteiger partial charge in [-0.3, -0.25) is 9.69 Å². The van der Waals surface area contributed by atoms with Gasteiger partial charge in [-0.05, 0) is 74.8 Å². The molecule has 2 saturated heterocycles. The largest absolute Gasteiger partial charge is 0.416 e. The highest BCUT2D eigenvalue weighted by atomic mass is 19.4. The number of alkyl halides is 3. The van der Waals surface area contributed by atoms with Gasteiger partial charge < -0.3 is 19.9 Å². The van der Waals surface area contributed by atoms with Crippen LogP contribution in [0, 0.1) is 11.8 Å². The smallest absolute Gasteiger partial charge is 0.372 e. The lowest BCUT2D eigenvalue weighted by Gasteiger charge is -2.35. The van der Waals surface area contributed by atoms with Crippen LogP contribution in [0.4, 0.5) is 24.7 Å². The van der Waals surface area contributed by atoms with E-state index >= 15 is 0 Å². The van der Waals surface area contributed by atoms with E-state index in [9.17, 15) is 18.0 Å². The minimum atomic E-state index is -4.55. The molecular formula is C34H36F3N7O2. The normalized spacial score (nSPS) is 19.6. The Labute approximate surface area is 265 Å². The molecule has 0 saturated carbocycles. The number of likely N-dealkylation sites (N-methyl/N-ethyl adjacent to an activating group) is 1. The van der Waals surface area contributed by atoms with E-state index in [2.05, 4.69) is 31.9 Å². The first-order valence-electron chi connectivity index (χ1n) is 15.3. The molecule has 0 aliphatic carbocycles. The number of piperazine rings is 1. The van der Waals surface area contributed by atoms with Gasteiger partial charge in [-0.25, -0.2) is 9.50 Å². The lowest BCUT2D eigenvalue weighted by atomic mass is 10.0. The van der Waals surface area contributed by atoms with Gasteiger partial charge in [-0.2, -0.15) is 13.2 Å². The van der Waals surface area contributed by atoms with Crippen LogP contribution in [-0.2, 0) is 17.5 Å². The summed E-state index contributed by atoms with van der Waals surface area (Å²) in [5.74, 6) is 6.44. The number of imidazole rings is 1. The Morgan fingerprint density at radius 1 is 1.00 bits per heavy atom. The summed E-state index contributed by atoms with van der Waals surface area (Å²) in [6.45, 7) is 8.75. The molecule has 4 aromatic rings. The maximum atomic E-state index is 14.0. The summed E-state index contributed by atoms with van der Waals surface area (Å²) in [5, 5.41) is 7.40. The third-order valence-electron chi connectivity index (χ3n) is 8.21. The Hall–Kier alpha value is -4.44. The van der Waals surface area contributed by atoms with Crippen molar-refractivity contribution in [2.75, 3.05) is 56.5 Å². The third kappa shape index (κ3) is 7.33. The fourth-order valence-corrected chi connectivity index (χ4v) is 5.86. The van der Waals surface area contributed by atoms with Crippen LogP contribution in [0.25, 0.3) is 5.65 Å². The number of morpholine rings is 1. The lowest BCUT2D eigenvalue weighted by Crippen LogP contribution is -2.46. The van der Waals surface area contributed by atoms with E-state index in [-0.39, 0.29) is 35.6 Å². The minimum Gasteiger partial charge on any atom is -0.372 e. The summed E-state index contributed by atoms with van der Waals surface area (Å²) in [5.41, 5.74) is 1.60. The lowest BCUT2D eigenvalue weighted by molar-refractivity contribution is -0.138. The van der Waals surface area contributed by atoms with E-state index in [1.54, 1.807) is 35.0 Å². The van der Waals surface area contributed by atoms with Crippen LogP contribution in [0.2, 0.25) is 0 Å². The number of anilines is 2. The van der Waals surface area contributed by atoms with Gasteiger partial charge in [0.05, 0.1) is 24.0 Å². The number of nitrogens with one attached hydrogen (secondary N) is 1. The molecule has 2 aromatic heterocycles. The summed E-state index contributed by atoms with van der Waals surface area (Å²) < 4.78 is 49.6. The average Bonchev–Trinajstić information content (AvgIpc) is 3.43. The Bertz CT molecular complexity index is 1780. The molecule has 2 aliphatic heterocycles. The van der Waals surface area contributed by atoms with Crippen LogP contribution in [0.3, 0.4) is 0 Å². The molecule has 6 rings (SSSR count). The Kier molecular flexibility index (Phi) is 8.99. The number of carbonyl (C=O) groups is 1. The van der Waals surface area contributed by atoms with Crippen LogP contribution in [-0.4, -0.2) is 88.8 Å². The maximum absolute atomic E-state index is 14.0. The van der Waals surface area contributed by atoms with Gasteiger partial charge in [-0.1, -0.05) is 18.1 Å². The van der Waals surface area contributed by atoms with Gasteiger partial charge in [-0.15, -0.1) is 5.10 Å². The van der Waals surface area contributed by atoms with Gasteiger partial charge >= 0.3 is 6.18 Å². The molecule has 2 aromatic carbocycles. The molecule has 12 heteroatoms. The number of carbonyl (C=O) groups excluding carboxylic acids is 1. The third-order valence-corrected chi connectivity index (χ3v) is 8.21. The zero-order valence-corrected chi connectivity index (χ0v) is 26.0. The molecule has 46 heavy (non-hydrogen) atoms. The first-order chi connectivity index (χ1) is 22.0. The highest BCUT2D eigenvalue weighted by Gasteiger charge is 2.34. The fourth-order valence-electron chi connectivity index (χ4n) is 5.86. The van der Waals surface area contributed by atoms with Gasteiger partial charge in [0.25, 0.3) is 5.91 Å². The molecule has 2 fully saturated rings. The summed E-state index contributed by atoms with van der Waals surface area (Å²) in [4.78, 5) is 23.9. The van der Waals surface area contributed by atoms with Crippen molar-refractivity contribution < 1.29 is 22.7 Å². The topological polar surface area (TPSA) is 78.2 Å². The monoisotopic (exact) mass is 631 g/mol. The maximum Gasteiger partial charge on any atom is 0.416 e. The first kappa shape index (κ1) is 31.5. The van der Waals surface area contributed by atoms with E-state index in [0.717, 1.165) is 38.1 Å². The standard InChI is InChI=1S/C34H36F3N7O2/c1-23-20-43(21-24(2)46-23)32-12-11-31-38-19-29(44(31)40-32)10-7-25-5-4-6-26(17-25)33(45)39-28-9-8-27(30(18-28)34(35,36)37)22-42-15-13-41(3)14-16-42/h4-6,8-9,11-12,17-19,23-24H,13-16,20-22H2,1-3H3,(H,39,45)/t23-,24+. The summed E-state index contributed by atoms with van der Waals surface area (Å²) in [6, 6.07) is 14.5. The van der Waals surface area contributed by atoms with Crippen molar-refractivity contribution in [2.24, 2.45) is 0 Å². The van der Waals surface area contributed by atoms with Crippen molar-refractivity contribution in [1.29, 1.82) is 0 Å². The Balaban J connectivity index is 1.17. The number of amides is 1. The summed E-state index contributed by atoms with van der Waals surface area (Å²) >= 11 is 0. The number of rotatable bonds is 5. The SMILES string of the molecule is C[C@@H]1CN(c2ccc3ncc(C#Cc4cccc(C(=O)Nc5ccc(CN6CCN(C)CC6)c(C(F)(F)F)c5)c4)n3n2)C[C@H](C)O1. The predicted molar refractivity (Wildman–Crippen MR) is 170 cm³/mol. The van der Waals surface area contributed by atoms with Crippen molar-refractivity contribution in [2.45, 2.75) is 38.8 Å². The van der Waals surface area contributed by atoms with Crippen molar-refractivity contribution in [3.05, 3.63) is 88.7 Å². The molecule has 240 valence electrons. The number of aromatic nitrogens is 3. The molecule has 0 unspecified atom stereocenters. The zero-order chi connectivity index (χ0) is 32.4. The van der Waals surface area contributed by atoms with Crippen molar-refractivity contribution in [3.8, 4) is 11.8 Å². The Morgan fingerprint density at radius 3 is 2.50 bits per heavy atom. The number of hydrogen-bond donors (Lipinski definition) is 1. The Morgan fingerprint density at radius 2 is 1.76 bits per heavy atom. The molecule has 0 radical (unpaired) electrons. The van der Waals surface area contributed by atoms with Crippen LogP contribution < -0.4 is 10.2 Å². The van der Waals surface area contributed by atoms with Crippen molar-refractivity contribution in [3.63, 3.8) is 0 Å². The number of fused-ring (bicyclic) bond motifs is 1. The molecule has 9 nitrogen and oxygen atoms in total.